The van der Waals surface area contributed by atoms with Crippen LogP contribution in [0.15, 0.2) is 30.3 Å². The normalized spacial score (nSPS) is 11.8. The Morgan fingerprint density at radius 3 is 1.77 bits per heavy atom. The van der Waals surface area contributed by atoms with Crippen LogP contribution in [0.1, 0.15) is 52.7 Å². The number of benzene rings is 1. The minimum atomic E-state index is -1.87. The summed E-state index contributed by atoms with van der Waals surface area (Å²) in [6, 6.07) is 8.79. The van der Waals surface area contributed by atoms with E-state index in [0.29, 0.717) is 16.8 Å². The Hall–Kier alpha value is -3.49. The molecule has 0 atom stereocenters. The lowest BCUT2D eigenvalue weighted by Crippen LogP contribution is -2.37. The number of hydrogen-bond donors (Lipinski definition) is 2. The molecule has 0 bridgehead atoms. The second kappa shape index (κ2) is 7.74. The fourth-order valence-electron chi connectivity index (χ4n) is 3.42. The van der Waals surface area contributed by atoms with Crippen LogP contribution in [0.5, 0.6) is 0 Å². The van der Waals surface area contributed by atoms with Gasteiger partial charge in [-0.05, 0) is 16.4 Å². The predicted molar refractivity (Wildman–Crippen MR) is 112 cm³/mol. The summed E-state index contributed by atoms with van der Waals surface area (Å²) in [7, 11) is 0. The number of carbonyl (C=O) groups is 2. The fraction of sp³-hybridized carbons (Fsp3) is 0.381. The minimum Gasteiger partial charge on any atom is -0.464 e. The molecule has 0 aliphatic heterocycles. The highest BCUT2D eigenvalue weighted by molar-refractivity contribution is 6.09. The van der Waals surface area contributed by atoms with Crippen LogP contribution >= 0.6 is 0 Å². The molecule has 160 valence electrons. The Labute approximate surface area is 174 Å². The van der Waals surface area contributed by atoms with Crippen molar-refractivity contribution in [2.24, 2.45) is 0 Å². The summed E-state index contributed by atoms with van der Waals surface area (Å²) >= 11 is 0. The molecule has 0 spiro atoms. The summed E-state index contributed by atoms with van der Waals surface area (Å²) in [4.78, 5) is 38.9. The molecule has 0 saturated carbocycles. The average molecular weight is 415 g/mol. The van der Waals surface area contributed by atoms with Gasteiger partial charge in [0.25, 0.3) is 0 Å². The van der Waals surface area contributed by atoms with Gasteiger partial charge in [0.1, 0.15) is 0 Å². The third kappa shape index (κ3) is 4.24. The van der Waals surface area contributed by atoms with E-state index in [1.165, 1.54) is 0 Å². The van der Waals surface area contributed by atoms with Gasteiger partial charge in [-0.3, -0.25) is 10.1 Å². The first-order chi connectivity index (χ1) is 13.7. The summed E-state index contributed by atoms with van der Waals surface area (Å²) in [5.41, 5.74) is -0.336. The average Bonchev–Trinajstić information content (AvgIpc) is 2.58. The van der Waals surface area contributed by atoms with Gasteiger partial charge >= 0.3 is 17.9 Å². The maximum Gasteiger partial charge on any atom is 0.423 e. The third-order valence-corrected chi connectivity index (χ3v) is 4.48. The maximum absolute atomic E-state index is 12.1. The molecule has 1 aromatic carbocycles. The van der Waals surface area contributed by atoms with E-state index in [-0.39, 0.29) is 10.5 Å². The zero-order valence-electron chi connectivity index (χ0n) is 17.8. The van der Waals surface area contributed by atoms with Crippen molar-refractivity contribution < 1.29 is 24.7 Å². The lowest BCUT2D eigenvalue weighted by Gasteiger charge is -2.32. The molecule has 0 aliphatic carbocycles. The number of imide groups is 1. The van der Waals surface area contributed by atoms with E-state index in [1.807, 2.05) is 20.8 Å². The fourth-order valence-corrected chi connectivity index (χ4v) is 3.42. The molecule has 0 fully saturated rings. The molecule has 0 saturated heterocycles. The SMILES string of the molecule is CC(C)(C)c1c(-c2ccccc2)nc(N(C(=O)O)C(=O)O)c([N+](=O)[O-])c1C(C)(C)C. The monoisotopic (exact) mass is 415 g/mol. The molecule has 0 radical (unpaired) electrons. The second-order valence-corrected chi connectivity index (χ2v) is 8.91. The number of hydrogen-bond acceptors (Lipinski definition) is 5. The van der Waals surface area contributed by atoms with E-state index in [0.717, 1.165) is 0 Å². The lowest BCUT2D eigenvalue weighted by atomic mass is 9.73. The Kier molecular flexibility index (Phi) is 5.88. The van der Waals surface area contributed by atoms with Crippen molar-refractivity contribution in [3.05, 3.63) is 51.6 Å². The zero-order valence-corrected chi connectivity index (χ0v) is 17.8. The first kappa shape index (κ1) is 22.8. The van der Waals surface area contributed by atoms with E-state index in [2.05, 4.69) is 4.98 Å². The molecule has 1 heterocycles. The van der Waals surface area contributed by atoms with Gasteiger partial charge in [0.05, 0.1) is 10.6 Å². The predicted octanol–water partition coefficient (Wildman–Crippen LogP) is 5.41. The van der Waals surface area contributed by atoms with Crippen molar-refractivity contribution >= 4 is 23.7 Å². The number of aromatic nitrogens is 1. The van der Waals surface area contributed by atoms with Crippen molar-refractivity contribution in [2.75, 3.05) is 4.90 Å². The van der Waals surface area contributed by atoms with Gasteiger partial charge in [-0.2, -0.15) is 4.90 Å². The van der Waals surface area contributed by atoms with Gasteiger partial charge in [-0.15, -0.1) is 0 Å². The largest absolute Gasteiger partial charge is 0.464 e. The quantitative estimate of drug-likeness (QED) is 0.505. The molecule has 2 N–H and O–H groups in total. The smallest absolute Gasteiger partial charge is 0.423 e. The Bertz CT molecular complexity index is 990. The first-order valence-electron chi connectivity index (χ1n) is 9.22. The molecule has 2 aromatic rings. The van der Waals surface area contributed by atoms with E-state index < -0.39 is 39.4 Å². The molecule has 2 rings (SSSR count). The van der Waals surface area contributed by atoms with Gasteiger partial charge in [-0.25, -0.2) is 14.6 Å². The Morgan fingerprint density at radius 1 is 0.933 bits per heavy atom. The number of carboxylic acid groups (broad SMARTS) is 2. The van der Waals surface area contributed by atoms with Gasteiger partial charge in [0.2, 0.25) is 5.82 Å². The van der Waals surface area contributed by atoms with Gasteiger partial charge in [0.15, 0.2) is 0 Å². The molecule has 0 unspecified atom stereocenters. The molecule has 9 heteroatoms. The van der Waals surface area contributed by atoms with Crippen LogP contribution < -0.4 is 4.90 Å². The standard InChI is InChI=1S/C21H25N3O6/c1-20(2,3)13-14(21(4,5)6)16(24(29)30)17(23(18(25)26)19(27)28)22-15(13)12-10-8-7-9-11-12/h7-11H,1-6H3,(H,25,26)(H,27,28). The molecule has 30 heavy (non-hydrogen) atoms. The second-order valence-electron chi connectivity index (χ2n) is 8.91. The summed E-state index contributed by atoms with van der Waals surface area (Å²) in [6.45, 7) is 10.9. The molecule has 2 amide bonds. The van der Waals surface area contributed by atoms with Crippen LogP contribution in [0.4, 0.5) is 21.1 Å². The molecular formula is C21H25N3O6. The van der Waals surface area contributed by atoms with E-state index in [1.54, 1.807) is 51.1 Å². The van der Waals surface area contributed by atoms with Crippen molar-refractivity contribution in [3.8, 4) is 11.3 Å². The van der Waals surface area contributed by atoms with Crippen LogP contribution in [-0.4, -0.2) is 32.3 Å². The minimum absolute atomic E-state index is 0.105. The highest BCUT2D eigenvalue weighted by Crippen LogP contribution is 2.47. The van der Waals surface area contributed by atoms with E-state index >= 15 is 0 Å². The molecular weight excluding hydrogens is 390 g/mol. The third-order valence-electron chi connectivity index (χ3n) is 4.48. The first-order valence-corrected chi connectivity index (χ1v) is 9.22. The van der Waals surface area contributed by atoms with Crippen LogP contribution in [-0.2, 0) is 10.8 Å². The summed E-state index contributed by atoms with van der Waals surface area (Å²) in [5, 5.41) is 31.1. The van der Waals surface area contributed by atoms with E-state index in [4.69, 9.17) is 0 Å². The maximum atomic E-state index is 12.1. The number of nitro groups is 1. The van der Waals surface area contributed by atoms with Crippen molar-refractivity contribution in [3.63, 3.8) is 0 Å². The van der Waals surface area contributed by atoms with Crippen LogP contribution in [0.2, 0.25) is 0 Å². The van der Waals surface area contributed by atoms with Gasteiger partial charge in [-0.1, -0.05) is 71.9 Å². The number of nitrogens with zero attached hydrogens (tertiary/aromatic N) is 3. The van der Waals surface area contributed by atoms with Crippen LogP contribution in [0.25, 0.3) is 11.3 Å². The summed E-state index contributed by atoms with van der Waals surface area (Å²) in [5.74, 6) is -0.739. The number of amides is 2. The Morgan fingerprint density at radius 2 is 1.40 bits per heavy atom. The molecule has 9 nitrogen and oxygen atoms in total. The van der Waals surface area contributed by atoms with Crippen LogP contribution in [0.3, 0.4) is 0 Å². The van der Waals surface area contributed by atoms with Gasteiger partial charge in [0, 0.05) is 11.1 Å². The molecule has 0 aliphatic rings. The Balaban J connectivity index is 3.22. The summed E-state index contributed by atoms with van der Waals surface area (Å²) in [6.07, 6.45) is -3.75. The topological polar surface area (TPSA) is 134 Å². The van der Waals surface area contributed by atoms with Crippen LogP contribution in [0, 0.1) is 10.1 Å². The number of anilines is 1. The highest BCUT2D eigenvalue weighted by atomic mass is 16.6. The number of pyridine rings is 1. The van der Waals surface area contributed by atoms with Crippen molar-refractivity contribution in [2.45, 2.75) is 52.4 Å². The summed E-state index contributed by atoms with van der Waals surface area (Å²) < 4.78 is 0. The van der Waals surface area contributed by atoms with Gasteiger partial charge < -0.3 is 10.2 Å². The highest BCUT2D eigenvalue weighted by Gasteiger charge is 2.42. The molecule has 1 aromatic heterocycles. The lowest BCUT2D eigenvalue weighted by molar-refractivity contribution is -0.385. The van der Waals surface area contributed by atoms with Crippen molar-refractivity contribution in [1.29, 1.82) is 0 Å². The zero-order chi connectivity index (χ0) is 23.0. The van der Waals surface area contributed by atoms with E-state index in [9.17, 15) is 29.9 Å². The number of rotatable bonds is 3. The van der Waals surface area contributed by atoms with Crippen molar-refractivity contribution in [1.82, 2.24) is 4.98 Å².